The van der Waals surface area contributed by atoms with Crippen LogP contribution in [0.5, 0.6) is 0 Å². The van der Waals surface area contributed by atoms with Crippen molar-refractivity contribution in [1.82, 2.24) is 15.2 Å². The third-order valence-corrected chi connectivity index (χ3v) is 0.770. The lowest BCUT2D eigenvalue weighted by molar-refractivity contribution is -0.144. The predicted molar refractivity (Wildman–Crippen MR) is 24.2 cm³/mol. The number of alkyl halides is 3. The van der Waals surface area contributed by atoms with Crippen LogP contribution in [0, 0.1) is 0 Å². The van der Waals surface area contributed by atoms with Gasteiger partial charge in [0.25, 0.3) is 0 Å². The van der Waals surface area contributed by atoms with Crippen LogP contribution in [0.2, 0.25) is 0 Å². The Morgan fingerprint density at radius 2 is 2.00 bits per heavy atom. The van der Waals surface area contributed by atoms with Crippen LogP contribution in [0.1, 0.15) is 5.82 Å². The Morgan fingerprint density at radius 1 is 1.40 bits per heavy atom. The van der Waals surface area contributed by atoms with E-state index in [-0.39, 0.29) is 0 Å². The monoisotopic (exact) mass is 153 g/mol. The average Bonchev–Trinajstić information content (AvgIpc) is 2.11. The highest BCUT2D eigenvalue weighted by atomic mass is 19.4. The zero-order valence-corrected chi connectivity index (χ0v) is 4.49. The number of nitrogens with one attached hydrogen (secondary N) is 2. The summed E-state index contributed by atoms with van der Waals surface area (Å²) in [6, 6.07) is 0. The van der Waals surface area contributed by atoms with E-state index in [1.807, 2.05) is 0 Å². The van der Waals surface area contributed by atoms with Crippen molar-refractivity contribution in [3.05, 3.63) is 16.3 Å². The van der Waals surface area contributed by atoms with Gasteiger partial charge < -0.3 is 0 Å². The molecule has 10 heavy (non-hydrogen) atoms. The van der Waals surface area contributed by atoms with Gasteiger partial charge in [-0.3, -0.25) is 4.98 Å². The number of H-pyrrole nitrogens is 2. The van der Waals surface area contributed by atoms with Gasteiger partial charge in [0.1, 0.15) is 0 Å². The molecule has 0 unspecified atom stereocenters. The summed E-state index contributed by atoms with van der Waals surface area (Å²) in [5.74, 6) is -1.31. The minimum Gasteiger partial charge on any atom is -0.285 e. The molecule has 0 aliphatic rings. The Kier molecular flexibility index (Phi) is 1.27. The molecule has 0 atom stereocenters. The van der Waals surface area contributed by atoms with E-state index in [0.717, 1.165) is 0 Å². The summed E-state index contributed by atoms with van der Waals surface area (Å²) >= 11 is 0. The summed E-state index contributed by atoms with van der Waals surface area (Å²) in [6.07, 6.45) is -4.58. The molecule has 0 aromatic carbocycles. The standard InChI is InChI=1S/C3H2F3N3O/c4-3(5,6)1-7-2(10)9-8-1/h(H2,7,8,9,10). The molecule has 0 fully saturated rings. The van der Waals surface area contributed by atoms with Gasteiger partial charge in [0.2, 0.25) is 5.82 Å². The Hall–Kier alpha value is -1.27. The minimum atomic E-state index is -4.58. The van der Waals surface area contributed by atoms with Crippen LogP contribution in [0.25, 0.3) is 0 Å². The molecule has 0 bridgehead atoms. The summed E-state index contributed by atoms with van der Waals surface area (Å²) in [7, 11) is 0. The zero-order chi connectivity index (χ0) is 7.78. The first-order valence-electron chi connectivity index (χ1n) is 2.22. The van der Waals surface area contributed by atoms with E-state index in [4.69, 9.17) is 0 Å². The molecular weight excluding hydrogens is 151 g/mol. The van der Waals surface area contributed by atoms with E-state index in [0.29, 0.717) is 0 Å². The number of hydrogen-bond donors (Lipinski definition) is 2. The Balaban J connectivity index is 3.07. The van der Waals surface area contributed by atoms with E-state index in [9.17, 15) is 18.0 Å². The predicted octanol–water partition coefficient (Wildman–Crippen LogP) is 0.117. The highest BCUT2D eigenvalue weighted by Gasteiger charge is 2.34. The highest BCUT2D eigenvalue weighted by Crippen LogP contribution is 2.23. The topological polar surface area (TPSA) is 61.5 Å². The maximum Gasteiger partial charge on any atom is 0.451 e. The Labute approximate surface area is 52.1 Å². The van der Waals surface area contributed by atoms with Gasteiger partial charge in [-0.2, -0.15) is 13.2 Å². The van der Waals surface area contributed by atoms with Crippen molar-refractivity contribution in [3.8, 4) is 0 Å². The van der Waals surface area contributed by atoms with Crippen molar-refractivity contribution in [1.29, 1.82) is 0 Å². The molecule has 1 heterocycles. The van der Waals surface area contributed by atoms with Crippen LogP contribution < -0.4 is 5.69 Å². The normalized spacial score (nSPS) is 11.9. The van der Waals surface area contributed by atoms with Gasteiger partial charge >= 0.3 is 11.9 Å². The second-order valence-electron chi connectivity index (χ2n) is 1.52. The molecular formula is C3H2F3N3O. The van der Waals surface area contributed by atoms with E-state index in [1.165, 1.54) is 4.98 Å². The Morgan fingerprint density at radius 3 is 2.20 bits per heavy atom. The molecule has 2 N–H and O–H groups in total. The van der Waals surface area contributed by atoms with Gasteiger partial charge in [-0.1, -0.05) is 0 Å². The molecule has 1 rings (SSSR count). The fourth-order valence-electron chi connectivity index (χ4n) is 0.404. The molecule has 0 spiro atoms. The molecule has 0 aliphatic carbocycles. The lowest BCUT2D eigenvalue weighted by atomic mass is 10.6. The molecule has 0 amide bonds. The van der Waals surface area contributed by atoms with Crippen molar-refractivity contribution in [3.63, 3.8) is 0 Å². The Bertz CT molecular complexity index is 271. The molecule has 1 aromatic rings. The lowest BCUT2D eigenvalue weighted by Gasteiger charge is -1.97. The molecule has 0 saturated heterocycles. The van der Waals surface area contributed by atoms with Crippen LogP contribution in [0.4, 0.5) is 13.2 Å². The molecule has 0 aliphatic heterocycles. The quantitative estimate of drug-likeness (QED) is 0.555. The molecule has 7 heteroatoms. The van der Waals surface area contributed by atoms with E-state index in [1.54, 1.807) is 5.10 Å². The van der Waals surface area contributed by atoms with Gasteiger partial charge in [-0.15, -0.1) is 5.10 Å². The van der Waals surface area contributed by atoms with E-state index >= 15 is 0 Å². The van der Waals surface area contributed by atoms with Crippen LogP contribution in [0.15, 0.2) is 4.79 Å². The van der Waals surface area contributed by atoms with Crippen LogP contribution in [0.3, 0.4) is 0 Å². The molecule has 0 radical (unpaired) electrons. The number of aromatic amines is 2. The smallest absolute Gasteiger partial charge is 0.285 e. The first-order valence-corrected chi connectivity index (χ1v) is 2.22. The van der Waals surface area contributed by atoms with Crippen molar-refractivity contribution < 1.29 is 13.2 Å². The molecule has 4 nitrogen and oxygen atoms in total. The van der Waals surface area contributed by atoms with Gasteiger partial charge in [0, 0.05) is 0 Å². The number of halogens is 3. The summed E-state index contributed by atoms with van der Waals surface area (Å²) in [6.45, 7) is 0. The third-order valence-electron chi connectivity index (χ3n) is 0.770. The summed E-state index contributed by atoms with van der Waals surface area (Å²) in [5.41, 5.74) is -0.965. The van der Waals surface area contributed by atoms with Gasteiger partial charge in [-0.05, 0) is 0 Å². The van der Waals surface area contributed by atoms with Gasteiger partial charge in [0.05, 0.1) is 0 Å². The first-order chi connectivity index (χ1) is 4.50. The second kappa shape index (κ2) is 1.86. The maximum absolute atomic E-state index is 11.5. The fraction of sp³-hybridized carbons (Fsp3) is 0.333. The second-order valence-corrected chi connectivity index (χ2v) is 1.52. The van der Waals surface area contributed by atoms with E-state index < -0.39 is 17.7 Å². The van der Waals surface area contributed by atoms with Crippen molar-refractivity contribution in [2.75, 3.05) is 0 Å². The summed E-state index contributed by atoms with van der Waals surface area (Å²) < 4.78 is 34.6. The largest absolute Gasteiger partial charge is 0.451 e. The number of aromatic nitrogens is 3. The van der Waals surface area contributed by atoms with Crippen LogP contribution in [-0.4, -0.2) is 15.2 Å². The van der Waals surface area contributed by atoms with Crippen LogP contribution >= 0.6 is 0 Å². The minimum absolute atomic E-state index is 0.965. The average molecular weight is 153 g/mol. The molecule has 56 valence electrons. The number of rotatable bonds is 0. The van der Waals surface area contributed by atoms with Crippen molar-refractivity contribution in [2.24, 2.45) is 0 Å². The lowest BCUT2D eigenvalue weighted by Crippen LogP contribution is -2.09. The van der Waals surface area contributed by atoms with E-state index in [2.05, 4.69) is 5.10 Å². The third kappa shape index (κ3) is 1.17. The van der Waals surface area contributed by atoms with Gasteiger partial charge in [-0.25, -0.2) is 9.89 Å². The van der Waals surface area contributed by atoms with Crippen molar-refractivity contribution >= 4 is 0 Å². The molecule has 0 saturated carbocycles. The summed E-state index contributed by atoms with van der Waals surface area (Å²) in [4.78, 5) is 11.5. The van der Waals surface area contributed by atoms with Gasteiger partial charge in [0.15, 0.2) is 0 Å². The van der Waals surface area contributed by atoms with Crippen molar-refractivity contribution in [2.45, 2.75) is 6.18 Å². The van der Waals surface area contributed by atoms with Crippen LogP contribution in [-0.2, 0) is 6.18 Å². The summed E-state index contributed by atoms with van der Waals surface area (Å²) in [5, 5.41) is 4.26. The number of hydrogen-bond acceptors (Lipinski definition) is 2. The zero-order valence-electron chi connectivity index (χ0n) is 4.49. The number of nitrogens with zero attached hydrogens (tertiary/aromatic N) is 1. The SMILES string of the molecule is O=c1[nH]nc(C(F)(F)F)[nH]1. The highest BCUT2D eigenvalue weighted by molar-refractivity contribution is 4.85. The fourth-order valence-corrected chi connectivity index (χ4v) is 0.404. The first kappa shape index (κ1) is 6.84. The molecule has 1 aromatic heterocycles. The maximum atomic E-state index is 11.5.